The Balaban J connectivity index is 0.00000200. The van der Waals surface area contributed by atoms with E-state index in [0.717, 1.165) is 25.8 Å². The third kappa shape index (κ3) is 3.74. The van der Waals surface area contributed by atoms with Crippen molar-refractivity contribution >= 4 is 18.3 Å². The van der Waals surface area contributed by atoms with Crippen LogP contribution < -0.4 is 10.6 Å². The lowest BCUT2D eigenvalue weighted by molar-refractivity contribution is -0.127. The Morgan fingerprint density at radius 2 is 2.10 bits per heavy atom. The standard InChI is InChI=1S/C16H24N2O.ClH/c1-3-16(10-7-11-18-16)15(19)17-12-13(2)14-8-5-4-6-9-14;/h4-6,8-9,13,18H,3,7,10-12H2,1-2H3,(H,17,19);1H. The predicted molar refractivity (Wildman–Crippen MR) is 85.4 cm³/mol. The summed E-state index contributed by atoms with van der Waals surface area (Å²) in [5.74, 6) is 0.510. The summed E-state index contributed by atoms with van der Waals surface area (Å²) in [4.78, 5) is 12.4. The molecule has 112 valence electrons. The van der Waals surface area contributed by atoms with Gasteiger partial charge in [0.1, 0.15) is 0 Å². The highest BCUT2D eigenvalue weighted by Gasteiger charge is 2.38. The van der Waals surface area contributed by atoms with Crippen LogP contribution >= 0.6 is 12.4 Å². The van der Waals surface area contributed by atoms with Crippen LogP contribution in [0.1, 0.15) is 44.6 Å². The summed E-state index contributed by atoms with van der Waals surface area (Å²) in [5.41, 5.74) is 0.948. The van der Waals surface area contributed by atoms with Gasteiger partial charge in [-0.1, -0.05) is 44.2 Å². The largest absolute Gasteiger partial charge is 0.354 e. The zero-order chi connectivity index (χ0) is 13.7. The van der Waals surface area contributed by atoms with Crippen LogP contribution in [0.15, 0.2) is 30.3 Å². The molecular formula is C16H25ClN2O. The lowest BCUT2D eigenvalue weighted by atomic mass is 9.92. The van der Waals surface area contributed by atoms with Gasteiger partial charge in [-0.05, 0) is 37.3 Å². The molecule has 1 aromatic carbocycles. The molecule has 0 saturated carbocycles. The lowest BCUT2D eigenvalue weighted by Gasteiger charge is -2.27. The maximum Gasteiger partial charge on any atom is 0.240 e. The fourth-order valence-electron chi connectivity index (χ4n) is 2.78. The van der Waals surface area contributed by atoms with Crippen LogP contribution in [-0.2, 0) is 4.79 Å². The van der Waals surface area contributed by atoms with E-state index in [1.807, 2.05) is 18.2 Å². The second-order valence-electron chi connectivity index (χ2n) is 5.49. The van der Waals surface area contributed by atoms with Crippen molar-refractivity contribution < 1.29 is 4.79 Å². The summed E-state index contributed by atoms with van der Waals surface area (Å²) in [6, 6.07) is 10.3. The van der Waals surface area contributed by atoms with E-state index in [-0.39, 0.29) is 23.9 Å². The monoisotopic (exact) mass is 296 g/mol. The molecule has 1 amide bonds. The molecule has 0 spiro atoms. The van der Waals surface area contributed by atoms with E-state index < -0.39 is 0 Å². The summed E-state index contributed by atoms with van der Waals surface area (Å²) in [6.45, 7) is 5.89. The molecule has 2 N–H and O–H groups in total. The Bertz CT molecular complexity index is 416. The second kappa shape index (κ2) is 7.65. The number of hydrogen-bond acceptors (Lipinski definition) is 2. The van der Waals surface area contributed by atoms with E-state index in [9.17, 15) is 4.79 Å². The number of halogens is 1. The fraction of sp³-hybridized carbons (Fsp3) is 0.562. The van der Waals surface area contributed by atoms with Gasteiger partial charge >= 0.3 is 0 Å². The second-order valence-corrected chi connectivity index (χ2v) is 5.49. The topological polar surface area (TPSA) is 41.1 Å². The minimum absolute atomic E-state index is 0. The maximum atomic E-state index is 12.4. The first-order valence-corrected chi connectivity index (χ1v) is 7.26. The first kappa shape index (κ1) is 17.0. The maximum absolute atomic E-state index is 12.4. The van der Waals surface area contributed by atoms with Crippen molar-refractivity contribution in [3.63, 3.8) is 0 Å². The number of hydrogen-bond donors (Lipinski definition) is 2. The van der Waals surface area contributed by atoms with E-state index in [1.165, 1.54) is 5.56 Å². The Morgan fingerprint density at radius 3 is 2.65 bits per heavy atom. The molecule has 2 rings (SSSR count). The minimum Gasteiger partial charge on any atom is -0.354 e. The molecule has 2 unspecified atom stereocenters. The van der Waals surface area contributed by atoms with Gasteiger partial charge in [-0.3, -0.25) is 4.79 Å². The van der Waals surface area contributed by atoms with Gasteiger partial charge < -0.3 is 10.6 Å². The highest BCUT2D eigenvalue weighted by molar-refractivity contribution is 5.86. The molecule has 2 atom stereocenters. The molecule has 1 aromatic rings. The van der Waals surface area contributed by atoms with E-state index in [1.54, 1.807) is 0 Å². The lowest BCUT2D eigenvalue weighted by Crippen LogP contribution is -2.53. The zero-order valence-electron chi connectivity index (χ0n) is 12.3. The number of nitrogens with one attached hydrogen (secondary N) is 2. The quantitative estimate of drug-likeness (QED) is 0.877. The summed E-state index contributed by atoms with van der Waals surface area (Å²) in [6.07, 6.45) is 2.91. The molecule has 1 aliphatic heterocycles. The number of carbonyl (C=O) groups excluding carboxylic acids is 1. The Labute approximate surface area is 127 Å². The Hall–Kier alpha value is -1.06. The van der Waals surface area contributed by atoms with Crippen LogP contribution in [0.25, 0.3) is 0 Å². The van der Waals surface area contributed by atoms with Crippen molar-refractivity contribution in [2.45, 2.75) is 44.6 Å². The fourth-order valence-corrected chi connectivity index (χ4v) is 2.78. The van der Waals surface area contributed by atoms with E-state index in [0.29, 0.717) is 12.5 Å². The third-order valence-corrected chi connectivity index (χ3v) is 4.22. The highest BCUT2D eigenvalue weighted by atomic mass is 35.5. The third-order valence-electron chi connectivity index (χ3n) is 4.22. The molecule has 0 radical (unpaired) electrons. The van der Waals surface area contributed by atoms with Crippen LogP contribution in [0.4, 0.5) is 0 Å². The zero-order valence-corrected chi connectivity index (χ0v) is 13.1. The smallest absolute Gasteiger partial charge is 0.240 e. The molecule has 0 aromatic heterocycles. The number of rotatable bonds is 5. The van der Waals surface area contributed by atoms with Crippen molar-refractivity contribution in [3.05, 3.63) is 35.9 Å². The van der Waals surface area contributed by atoms with E-state index >= 15 is 0 Å². The number of amides is 1. The molecular weight excluding hydrogens is 272 g/mol. The van der Waals surface area contributed by atoms with Crippen LogP contribution in [-0.4, -0.2) is 24.5 Å². The van der Waals surface area contributed by atoms with E-state index in [4.69, 9.17) is 0 Å². The number of benzene rings is 1. The molecule has 0 aliphatic carbocycles. The molecule has 4 heteroatoms. The van der Waals surface area contributed by atoms with Gasteiger partial charge in [-0.15, -0.1) is 12.4 Å². The molecule has 3 nitrogen and oxygen atoms in total. The van der Waals surface area contributed by atoms with Gasteiger partial charge in [0.05, 0.1) is 5.54 Å². The minimum atomic E-state index is -0.323. The van der Waals surface area contributed by atoms with Crippen molar-refractivity contribution in [3.8, 4) is 0 Å². The van der Waals surface area contributed by atoms with E-state index in [2.05, 4.69) is 36.6 Å². The van der Waals surface area contributed by atoms with Gasteiger partial charge in [-0.2, -0.15) is 0 Å². The van der Waals surface area contributed by atoms with Crippen molar-refractivity contribution in [2.24, 2.45) is 0 Å². The molecule has 1 heterocycles. The van der Waals surface area contributed by atoms with Gasteiger partial charge in [-0.25, -0.2) is 0 Å². The van der Waals surface area contributed by atoms with Crippen LogP contribution in [0.2, 0.25) is 0 Å². The Morgan fingerprint density at radius 1 is 1.40 bits per heavy atom. The van der Waals surface area contributed by atoms with Gasteiger partial charge in [0.25, 0.3) is 0 Å². The van der Waals surface area contributed by atoms with Gasteiger partial charge in [0.2, 0.25) is 5.91 Å². The first-order chi connectivity index (χ1) is 9.18. The molecule has 1 saturated heterocycles. The highest BCUT2D eigenvalue weighted by Crippen LogP contribution is 2.23. The summed E-state index contributed by atoms with van der Waals surface area (Å²) in [7, 11) is 0. The number of carbonyl (C=O) groups is 1. The Kier molecular flexibility index (Phi) is 6.50. The SMILES string of the molecule is CCC1(C(=O)NCC(C)c2ccccc2)CCCN1.Cl. The van der Waals surface area contributed by atoms with Crippen molar-refractivity contribution in [1.82, 2.24) is 10.6 Å². The summed E-state index contributed by atoms with van der Waals surface area (Å²) < 4.78 is 0. The van der Waals surface area contributed by atoms with Gasteiger partial charge in [0, 0.05) is 6.54 Å². The molecule has 0 bridgehead atoms. The van der Waals surface area contributed by atoms with Crippen molar-refractivity contribution in [1.29, 1.82) is 0 Å². The average Bonchev–Trinajstić information content (AvgIpc) is 2.95. The van der Waals surface area contributed by atoms with Gasteiger partial charge in [0.15, 0.2) is 0 Å². The molecule has 1 aliphatic rings. The molecule has 1 fully saturated rings. The average molecular weight is 297 g/mol. The van der Waals surface area contributed by atoms with Crippen LogP contribution in [0.5, 0.6) is 0 Å². The van der Waals surface area contributed by atoms with Crippen LogP contribution in [0.3, 0.4) is 0 Å². The first-order valence-electron chi connectivity index (χ1n) is 7.26. The predicted octanol–water partition coefficient (Wildman–Crippen LogP) is 2.86. The molecule has 20 heavy (non-hydrogen) atoms. The normalized spacial score (nSPS) is 22.9. The summed E-state index contributed by atoms with van der Waals surface area (Å²) >= 11 is 0. The summed E-state index contributed by atoms with van der Waals surface area (Å²) in [5, 5.41) is 6.48. The van der Waals surface area contributed by atoms with Crippen LogP contribution in [0, 0.1) is 0 Å². The van der Waals surface area contributed by atoms with Crippen molar-refractivity contribution in [2.75, 3.05) is 13.1 Å².